The van der Waals surface area contributed by atoms with E-state index in [1.54, 1.807) is 12.2 Å². The Labute approximate surface area is 147 Å². The van der Waals surface area contributed by atoms with Crippen molar-refractivity contribution in [1.29, 1.82) is 0 Å². The van der Waals surface area contributed by atoms with Gasteiger partial charge in [0.15, 0.2) is 0 Å². The molecule has 0 aliphatic heterocycles. The molecule has 0 unspecified atom stereocenters. The molecule has 9 heteroatoms. The molecule has 1 aromatic carbocycles. The van der Waals surface area contributed by atoms with Gasteiger partial charge in [0, 0.05) is 16.8 Å². The number of anilines is 2. The largest absolute Gasteiger partial charge is 0.471 e. The molecule has 0 spiro atoms. The number of halogens is 3. The van der Waals surface area contributed by atoms with E-state index in [2.05, 4.69) is 10.5 Å². The maximum atomic E-state index is 12.5. The van der Waals surface area contributed by atoms with Crippen LogP contribution in [-0.2, 0) is 10.2 Å². The number of amides is 2. The average Bonchev–Trinajstić information content (AvgIpc) is 2.90. The van der Waals surface area contributed by atoms with Gasteiger partial charge < -0.3 is 15.2 Å². The third-order valence-corrected chi connectivity index (χ3v) is 3.46. The van der Waals surface area contributed by atoms with Crippen molar-refractivity contribution in [2.75, 3.05) is 10.6 Å². The van der Waals surface area contributed by atoms with Crippen LogP contribution in [0.25, 0.3) is 0 Å². The van der Waals surface area contributed by atoms with Crippen LogP contribution >= 0.6 is 0 Å². The summed E-state index contributed by atoms with van der Waals surface area (Å²) in [5.41, 5.74) is 0.715. The van der Waals surface area contributed by atoms with Gasteiger partial charge in [0.05, 0.1) is 0 Å². The molecule has 0 aliphatic rings. The average molecular weight is 369 g/mol. The predicted molar refractivity (Wildman–Crippen MR) is 89.0 cm³/mol. The monoisotopic (exact) mass is 369 g/mol. The Morgan fingerprint density at radius 1 is 1.00 bits per heavy atom. The molecule has 2 rings (SSSR count). The smallest absolute Gasteiger partial charge is 0.361 e. The number of rotatable bonds is 3. The van der Waals surface area contributed by atoms with Crippen molar-refractivity contribution >= 4 is 23.2 Å². The standard InChI is InChI=1S/C17H18F3N3O3/c1-9-12(13(23-26-9)16(2,3)4)14(24)21-10-5-7-11(8-6-10)22-15(25)17(18,19)20/h5-8H,1-4H3,(H,21,24)(H,22,25). The molecular formula is C17H18F3N3O3. The van der Waals surface area contributed by atoms with Crippen LogP contribution in [0.5, 0.6) is 0 Å². The Bertz CT molecular complexity index is 819. The summed E-state index contributed by atoms with van der Waals surface area (Å²) < 4.78 is 41.8. The Balaban J connectivity index is 2.14. The fourth-order valence-corrected chi connectivity index (χ4v) is 2.18. The van der Waals surface area contributed by atoms with E-state index < -0.39 is 23.4 Å². The molecule has 0 bridgehead atoms. The molecule has 2 N–H and O–H groups in total. The highest BCUT2D eigenvalue weighted by atomic mass is 19.4. The van der Waals surface area contributed by atoms with Crippen LogP contribution in [0.2, 0.25) is 0 Å². The van der Waals surface area contributed by atoms with Crippen LogP contribution in [0.1, 0.15) is 42.6 Å². The number of aromatic nitrogens is 1. The van der Waals surface area contributed by atoms with Gasteiger partial charge >= 0.3 is 12.1 Å². The van der Waals surface area contributed by atoms with Gasteiger partial charge in [-0.1, -0.05) is 25.9 Å². The quantitative estimate of drug-likeness (QED) is 0.855. The molecule has 2 amide bonds. The van der Waals surface area contributed by atoms with Crippen LogP contribution < -0.4 is 10.6 Å². The molecule has 0 saturated carbocycles. The highest BCUT2D eigenvalue weighted by Gasteiger charge is 2.38. The molecule has 26 heavy (non-hydrogen) atoms. The van der Waals surface area contributed by atoms with Crippen molar-refractivity contribution in [3.8, 4) is 0 Å². The number of nitrogens with zero attached hydrogens (tertiary/aromatic N) is 1. The van der Waals surface area contributed by atoms with Crippen molar-refractivity contribution < 1.29 is 27.3 Å². The van der Waals surface area contributed by atoms with Crippen molar-refractivity contribution in [2.45, 2.75) is 39.3 Å². The number of benzene rings is 1. The van der Waals surface area contributed by atoms with Gasteiger partial charge in [-0.3, -0.25) is 9.59 Å². The van der Waals surface area contributed by atoms with Gasteiger partial charge in [-0.15, -0.1) is 0 Å². The van der Waals surface area contributed by atoms with Crippen LogP contribution in [-0.4, -0.2) is 23.1 Å². The lowest BCUT2D eigenvalue weighted by molar-refractivity contribution is -0.167. The maximum Gasteiger partial charge on any atom is 0.471 e. The van der Waals surface area contributed by atoms with Gasteiger partial charge in [-0.05, 0) is 31.2 Å². The van der Waals surface area contributed by atoms with E-state index >= 15 is 0 Å². The Hall–Kier alpha value is -2.84. The van der Waals surface area contributed by atoms with Gasteiger partial charge in [-0.2, -0.15) is 13.2 Å². The van der Waals surface area contributed by atoms with Crippen LogP contribution in [0.3, 0.4) is 0 Å². The van der Waals surface area contributed by atoms with E-state index in [1.165, 1.54) is 24.3 Å². The first-order valence-electron chi connectivity index (χ1n) is 7.66. The Morgan fingerprint density at radius 2 is 1.50 bits per heavy atom. The highest BCUT2D eigenvalue weighted by molar-refractivity contribution is 6.06. The zero-order valence-electron chi connectivity index (χ0n) is 14.6. The SMILES string of the molecule is Cc1onc(C(C)(C)C)c1C(=O)Nc1ccc(NC(=O)C(F)(F)F)cc1. The van der Waals surface area contributed by atoms with E-state index in [1.807, 2.05) is 20.8 Å². The molecule has 0 aliphatic carbocycles. The minimum Gasteiger partial charge on any atom is -0.361 e. The van der Waals surface area contributed by atoms with E-state index in [9.17, 15) is 22.8 Å². The second kappa shape index (κ2) is 6.81. The summed E-state index contributed by atoms with van der Waals surface area (Å²) in [6.07, 6.45) is -4.97. The summed E-state index contributed by atoms with van der Waals surface area (Å²) in [5.74, 6) is -2.15. The normalized spacial score (nSPS) is 12.0. The Morgan fingerprint density at radius 3 is 1.96 bits per heavy atom. The maximum absolute atomic E-state index is 12.5. The molecular weight excluding hydrogens is 351 g/mol. The molecule has 6 nitrogen and oxygen atoms in total. The number of aryl methyl sites for hydroxylation is 1. The molecule has 0 atom stereocenters. The number of hydrogen-bond acceptors (Lipinski definition) is 4. The summed E-state index contributed by atoms with van der Waals surface area (Å²) in [6, 6.07) is 5.27. The number of carbonyl (C=O) groups is 2. The minimum atomic E-state index is -4.97. The van der Waals surface area contributed by atoms with Gasteiger partial charge in [-0.25, -0.2) is 0 Å². The van der Waals surface area contributed by atoms with Crippen molar-refractivity contribution in [2.24, 2.45) is 0 Å². The lowest BCUT2D eigenvalue weighted by Gasteiger charge is -2.16. The van der Waals surface area contributed by atoms with Crippen LogP contribution in [0.4, 0.5) is 24.5 Å². The zero-order chi connectivity index (χ0) is 19.7. The van der Waals surface area contributed by atoms with Gasteiger partial charge in [0.1, 0.15) is 17.0 Å². The summed E-state index contributed by atoms with van der Waals surface area (Å²) in [6.45, 7) is 7.28. The molecule has 0 radical (unpaired) electrons. The predicted octanol–water partition coefficient (Wildman–Crippen LogP) is 4.03. The van der Waals surface area contributed by atoms with E-state index in [-0.39, 0.29) is 5.69 Å². The Kier molecular flexibility index (Phi) is 5.11. The molecule has 2 aromatic rings. The number of alkyl halides is 3. The highest BCUT2D eigenvalue weighted by Crippen LogP contribution is 2.28. The van der Waals surface area contributed by atoms with Crippen molar-refractivity contribution in [1.82, 2.24) is 5.16 Å². The lowest BCUT2D eigenvalue weighted by atomic mass is 9.88. The second-order valence-corrected chi connectivity index (χ2v) is 6.70. The molecule has 0 saturated heterocycles. The fraction of sp³-hybridized carbons (Fsp3) is 0.353. The molecule has 1 heterocycles. The second-order valence-electron chi connectivity index (χ2n) is 6.70. The topological polar surface area (TPSA) is 84.2 Å². The van der Waals surface area contributed by atoms with Crippen molar-refractivity contribution in [3.05, 3.63) is 41.3 Å². The minimum absolute atomic E-state index is 0.0399. The van der Waals surface area contributed by atoms with E-state index in [4.69, 9.17) is 4.52 Å². The summed E-state index contributed by atoms with van der Waals surface area (Å²) in [4.78, 5) is 23.4. The van der Waals surface area contributed by atoms with Crippen molar-refractivity contribution in [3.63, 3.8) is 0 Å². The van der Waals surface area contributed by atoms with E-state index in [0.717, 1.165) is 0 Å². The van der Waals surface area contributed by atoms with E-state index in [0.29, 0.717) is 22.7 Å². The zero-order valence-corrected chi connectivity index (χ0v) is 14.6. The summed E-state index contributed by atoms with van der Waals surface area (Å²) >= 11 is 0. The summed E-state index contributed by atoms with van der Waals surface area (Å²) in [7, 11) is 0. The first-order chi connectivity index (χ1) is 11.9. The summed E-state index contributed by atoms with van der Waals surface area (Å²) in [5, 5.41) is 8.29. The third kappa shape index (κ3) is 4.41. The first-order valence-corrected chi connectivity index (χ1v) is 7.66. The first kappa shape index (κ1) is 19.5. The third-order valence-electron chi connectivity index (χ3n) is 3.46. The number of nitrogens with one attached hydrogen (secondary N) is 2. The molecule has 0 fully saturated rings. The fourth-order valence-electron chi connectivity index (χ4n) is 2.18. The van der Waals surface area contributed by atoms with Crippen LogP contribution in [0.15, 0.2) is 28.8 Å². The lowest BCUT2D eigenvalue weighted by Crippen LogP contribution is -2.29. The van der Waals surface area contributed by atoms with Gasteiger partial charge in [0.2, 0.25) is 0 Å². The number of carbonyl (C=O) groups excluding carboxylic acids is 2. The molecule has 1 aromatic heterocycles. The van der Waals surface area contributed by atoms with Gasteiger partial charge in [0.25, 0.3) is 5.91 Å². The van der Waals surface area contributed by atoms with Crippen LogP contribution in [0, 0.1) is 6.92 Å². The molecule has 140 valence electrons. The number of hydrogen-bond donors (Lipinski definition) is 2.